The maximum Gasteiger partial charge on any atom is 0.145 e. The van der Waals surface area contributed by atoms with Crippen molar-refractivity contribution >= 4 is 23.4 Å². The second kappa shape index (κ2) is 6.96. The highest BCUT2D eigenvalue weighted by molar-refractivity contribution is 7.99. The van der Waals surface area contributed by atoms with E-state index < -0.39 is 0 Å². The van der Waals surface area contributed by atoms with Crippen molar-refractivity contribution in [2.75, 3.05) is 17.0 Å². The Bertz CT molecular complexity index is 390. The number of nitrogens with zero attached hydrogens (tertiary/aromatic N) is 2. The summed E-state index contributed by atoms with van der Waals surface area (Å²) < 4.78 is 0. The number of aromatic nitrogens is 2. The van der Waals surface area contributed by atoms with E-state index in [4.69, 9.17) is 5.84 Å². The van der Waals surface area contributed by atoms with E-state index in [1.807, 2.05) is 24.8 Å². The number of hydrogen-bond donors (Lipinski definition) is 3. The molecule has 1 aromatic heterocycles. The lowest BCUT2D eigenvalue weighted by molar-refractivity contribution is 0.472. The van der Waals surface area contributed by atoms with Crippen molar-refractivity contribution in [1.82, 2.24) is 9.97 Å². The van der Waals surface area contributed by atoms with Gasteiger partial charge in [-0.05, 0) is 25.5 Å². The van der Waals surface area contributed by atoms with E-state index >= 15 is 0 Å². The lowest BCUT2D eigenvalue weighted by Gasteiger charge is -2.29. The molecule has 19 heavy (non-hydrogen) atoms. The highest BCUT2D eigenvalue weighted by Gasteiger charge is 2.21. The quantitative estimate of drug-likeness (QED) is 0.568. The SMILES string of the molecule is CCc1nc(NN)cc(NC2CCCC(SC)C2)n1. The zero-order valence-electron chi connectivity index (χ0n) is 11.6. The number of hydrogen-bond acceptors (Lipinski definition) is 6. The fraction of sp³-hybridized carbons (Fsp3) is 0.692. The van der Waals surface area contributed by atoms with Crippen molar-refractivity contribution in [1.29, 1.82) is 0 Å². The molecule has 6 heteroatoms. The first-order valence-electron chi connectivity index (χ1n) is 6.89. The third-order valence-electron chi connectivity index (χ3n) is 3.55. The molecule has 0 bridgehead atoms. The van der Waals surface area contributed by atoms with E-state index in [1.165, 1.54) is 25.7 Å². The number of nitrogens with one attached hydrogen (secondary N) is 2. The minimum absolute atomic E-state index is 0.511. The highest BCUT2D eigenvalue weighted by Crippen LogP contribution is 2.28. The lowest BCUT2D eigenvalue weighted by Crippen LogP contribution is -2.29. The van der Waals surface area contributed by atoms with Crippen LogP contribution in [0.4, 0.5) is 11.6 Å². The average Bonchev–Trinajstić information content (AvgIpc) is 2.47. The van der Waals surface area contributed by atoms with Crippen LogP contribution in [0.15, 0.2) is 6.07 Å². The maximum atomic E-state index is 5.45. The summed E-state index contributed by atoms with van der Waals surface area (Å²) in [5.41, 5.74) is 2.60. The summed E-state index contributed by atoms with van der Waals surface area (Å²) >= 11 is 1.97. The standard InChI is InChI=1S/C13H23N5S/c1-3-11-16-12(8-13(17-11)18-14)15-9-5-4-6-10(7-9)19-2/h8-10H,3-7,14H2,1-2H3,(H2,15,16,17,18). The third kappa shape index (κ3) is 3.98. The molecule has 0 aromatic carbocycles. The minimum atomic E-state index is 0.511. The number of thioether (sulfide) groups is 1. The molecule has 1 heterocycles. The van der Waals surface area contributed by atoms with Gasteiger partial charge in [0.2, 0.25) is 0 Å². The average molecular weight is 281 g/mol. The number of aryl methyl sites for hydroxylation is 1. The van der Waals surface area contributed by atoms with Gasteiger partial charge in [-0.15, -0.1) is 0 Å². The Morgan fingerprint density at radius 1 is 1.37 bits per heavy atom. The number of nitrogens with two attached hydrogens (primary N) is 1. The van der Waals surface area contributed by atoms with E-state index in [1.54, 1.807) is 0 Å². The van der Waals surface area contributed by atoms with Crippen molar-refractivity contribution in [2.45, 2.75) is 50.3 Å². The van der Waals surface area contributed by atoms with E-state index in [2.05, 4.69) is 27.0 Å². The summed E-state index contributed by atoms with van der Waals surface area (Å²) in [5, 5.41) is 4.30. The molecule has 1 saturated carbocycles. The largest absolute Gasteiger partial charge is 0.367 e. The number of nitrogen functional groups attached to an aromatic ring is 1. The van der Waals surface area contributed by atoms with Gasteiger partial charge in [-0.1, -0.05) is 13.3 Å². The van der Waals surface area contributed by atoms with Gasteiger partial charge < -0.3 is 10.7 Å². The summed E-state index contributed by atoms with van der Waals surface area (Å²) in [5.74, 6) is 7.82. The lowest BCUT2D eigenvalue weighted by atomic mass is 9.95. The first kappa shape index (κ1) is 14.4. The summed E-state index contributed by atoms with van der Waals surface area (Å²) in [6, 6.07) is 2.39. The Morgan fingerprint density at radius 2 is 2.16 bits per heavy atom. The van der Waals surface area contributed by atoms with Gasteiger partial charge in [0.05, 0.1) is 0 Å². The van der Waals surface area contributed by atoms with E-state index in [-0.39, 0.29) is 0 Å². The summed E-state index contributed by atoms with van der Waals surface area (Å²) in [6.07, 6.45) is 8.05. The summed E-state index contributed by atoms with van der Waals surface area (Å²) in [7, 11) is 0. The van der Waals surface area contributed by atoms with Crippen molar-refractivity contribution in [2.24, 2.45) is 5.84 Å². The molecule has 0 saturated heterocycles. The van der Waals surface area contributed by atoms with E-state index in [9.17, 15) is 0 Å². The van der Waals surface area contributed by atoms with Crippen molar-refractivity contribution in [3.63, 3.8) is 0 Å². The van der Waals surface area contributed by atoms with Crippen LogP contribution in [0.2, 0.25) is 0 Å². The molecule has 0 amide bonds. The monoisotopic (exact) mass is 281 g/mol. The van der Waals surface area contributed by atoms with Crippen molar-refractivity contribution in [3.05, 3.63) is 11.9 Å². The van der Waals surface area contributed by atoms with Crippen molar-refractivity contribution < 1.29 is 0 Å². The maximum absolute atomic E-state index is 5.45. The van der Waals surface area contributed by atoms with Crippen LogP contribution in [0.1, 0.15) is 38.4 Å². The normalized spacial score (nSPS) is 23.1. The Kier molecular flexibility index (Phi) is 5.27. The fourth-order valence-corrected chi connectivity index (χ4v) is 3.33. The zero-order valence-corrected chi connectivity index (χ0v) is 12.5. The molecule has 1 aliphatic rings. The van der Waals surface area contributed by atoms with Gasteiger partial charge in [-0.2, -0.15) is 11.8 Å². The number of anilines is 2. The molecule has 1 aromatic rings. The van der Waals surface area contributed by atoms with Crippen LogP contribution in [-0.2, 0) is 6.42 Å². The first-order valence-corrected chi connectivity index (χ1v) is 8.17. The van der Waals surface area contributed by atoms with Gasteiger partial charge in [-0.25, -0.2) is 15.8 Å². The molecule has 1 aliphatic carbocycles. The van der Waals surface area contributed by atoms with Crippen LogP contribution in [0.3, 0.4) is 0 Å². The molecular weight excluding hydrogens is 258 g/mol. The van der Waals surface area contributed by atoms with Crippen molar-refractivity contribution in [3.8, 4) is 0 Å². The van der Waals surface area contributed by atoms with Crippen LogP contribution in [0, 0.1) is 0 Å². The second-order valence-electron chi connectivity index (χ2n) is 4.92. The predicted octanol–water partition coefficient (Wildman–Crippen LogP) is 2.41. The van der Waals surface area contributed by atoms with Gasteiger partial charge in [0.25, 0.3) is 0 Å². The number of hydrazine groups is 1. The third-order valence-corrected chi connectivity index (χ3v) is 4.64. The zero-order chi connectivity index (χ0) is 13.7. The highest BCUT2D eigenvalue weighted by atomic mass is 32.2. The van der Waals surface area contributed by atoms with Gasteiger partial charge >= 0.3 is 0 Å². The van der Waals surface area contributed by atoms with Crippen LogP contribution in [-0.4, -0.2) is 27.5 Å². The molecule has 2 unspecified atom stereocenters. The molecule has 5 nitrogen and oxygen atoms in total. The second-order valence-corrected chi connectivity index (χ2v) is 6.06. The van der Waals surface area contributed by atoms with E-state index in [0.29, 0.717) is 11.9 Å². The molecule has 2 rings (SSSR count). The van der Waals surface area contributed by atoms with Gasteiger partial charge in [0.15, 0.2) is 0 Å². The van der Waals surface area contributed by atoms with Crippen LogP contribution < -0.4 is 16.6 Å². The van der Waals surface area contributed by atoms with E-state index in [0.717, 1.165) is 23.3 Å². The molecule has 4 N–H and O–H groups in total. The molecule has 0 spiro atoms. The molecule has 0 aliphatic heterocycles. The molecule has 2 atom stereocenters. The predicted molar refractivity (Wildman–Crippen MR) is 82.4 cm³/mol. The Hall–Kier alpha value is -1.01. The summed E-state index contributed by atoms with van der Waals surface area (Å²) in [6.45, 7) is 2.05. The fourth-order valence-electron chi connectivity index (χ4n) is 2.50. The Balaban J connectivity index is 2.05. The minimum Gasteiger partial charge on any atom is -0.367 e. The molecular formula is C13H23N5S. The number of rotatable bonds is 5. The van der Waals surface area contributed by atoms with Crippen LogP contribution >= 0.6 is 11.8 Å². The van der Waals surface area contributed by atoms with Gasteiger partial charge in [-0.3, -0.25) is 0 Å². The molecule has 106 valence electrons. The first-order chi connectivity index (χ1) is 9.25. The summed E-state index contributed by atoms with van der Waals surface area (Å²) in [4.78, 5) is 8.82. The van der Waals surface area contributed by atoms with Crippen LogP contribution in [0.5, 0.6) is 0 Å². The Labute approximate surface area is 119 Å². The topological polar surface area (TPSA) is 75.9 Å². The Morgan fingerprint density at radius 3 is 2.84 bits per heavy atom. The molecule has 1 fully saturated rings. The molecule has 0 radical (unpaired) electrons. The van der Waals surface area contributed by atoms with Gasteiger partial charge in [0.1, 0.15) is 17.5 Å². The smallest absolute Gasteiger partial charge is 0.145 e. The van der Waals surface area contributed by atoms with Gasteiger partial charge in [0, 0.05) is 23.8 Å². The van der Waals surface area contributed by atoms with Crippen LogP contribution in [0.25, 0.3) is 0 Å².